The first-order chi connectivity index (χ1) is 12.7. The maximum absolute atomic E-state index is 7.70. The first-order valence-corrected chi connectivity index (χ1v) is 8.46. The van der Waals surface area contributed by atoms with E-state index in [1.54, 1.807) is 18.6 Å². The fourth-order valence-electron chi connectivity index (χ4n) is 2.63. The lowest BCUT2D eigenvalue weighted by atomic mass is 10.1. The van der Waals surface area contributed by atoms with E-state index < -0.39 is 0 Å². The molecular weight excluding hydrogens is 326 g/mol. The fraction of sp³-hybridized carbons (Fsp3) is 0.200. The van der Waals surface area contributed by atoms with Crippen LogP contribution in [0.3, 0.4) is 0 Å². The van der Waals surface area contributed by atoms with Crippen molar-refractivity contribution >= 4 is 11.9 Å². The average molecular weight is 347 g/mol. The van der Waals surface area contributed by atoms with E-state index in [1.807, 2.05) is 44.2 Å². The maximum Gasteiger partial charge on any atom is 0.222 e. The van der Waals surface area contributed by atoms with Gasteiger partial charge < -0.3 is 15.5 Å². The third-order valence-corrected chi connectivity index (χ3v) is 4.01. The lowest BCUT2D eigenvalue weighted by Crippen LogP contribution is -2.06. The second kappa shape index (κ2) is 8.20. The van der Waals surface area contributed by atoms with Gasteiger partial charge in [-0.05, 0) is 55.3 Å². The Bertz CT molecular complexity index is 896. The van der Waals surface area contributed by atoms with Crippen LogP contribution in [0.4, 0.5) is 5.69 Å². The summed E-state index contributed by atoms with van der Waals surface area (Å²) in [6, 6.07) is 9.69. The second-order valence-electron chi connectivity index (χ2n) is 5.71. The quantitative estimate of drug-likeness (QED) is 0.634. The first-order valence-electron chi connectivity index (χ1n) is 8.46. The van der Waals surface area contributed by atoms with Crippen molar-refractivity contribution < 1.29 is 4.74 Å². The van der Waals surface area contributed by atoms with Crippen molar-refractivity contribution in [2.24, 2.45) is 0 Å². The molecule has 2 N–H and O–H groups in total. The van der Waals surface area contributed by atoms with Crippen LogP contribution in [-0.4, -0.2) is 27.8 Å². The third-order valence-electron chi connectivity index (χ3n) is 4.01. The summed E-state index contributed by atoms with van der Waals surface area (Å²) in [4.78, 5) is 12.9. The summed E-state index contributed by atoms with van der Waals surface area (Å²) in [5.74, 6) is 0.544. The second-order valence-corrected chi connectivity index (χ2v) is 5.71. The normalized spacial score (nSPS) is 10.4. The minimum atomic E-state index is 0.528. The van der Waals surface area contributed by atoms with Crippen molar-refractivity contribution in [2.45, 2.75) is 20.4 Å². The van der Waals surface area contributed by atoms with Crippen molar-refractivity contribution in [1.82, 2.24) is 15.0 Å². The van der Waals surface area contributed by atoms with Crippen LogP contribution in [0.2, 0.25) is 0 Å². The van der Waals surface area contributed by atoms with Crippen LogP contribution < -0.4 is 10.1 Å². The number of nitrogens with one attached hydrogen (secondary N) is 2. The summed E-state index contributed by atoms with van der Waals surface area (Å²) in [5, 5.41) is 11.1. The standard InChI is InChI=1S/C20H21N5O/c1-3-26-20-16(5-4-8-23-20)18-11-17(14(2)19(12-21)25-18)24-13-15-6-9-22-10-7-15/h4-12,21H,3,13H2,1-2H3,(H,24,25). The van der Waals surface area contributed by atoms with E-state index in [2.05, 4.69) is 20.3 Å². The monoisotopic (exact) mass is 347 g/mol. The molecule has 0 aliphatic carbocycles. The first kappa shape index (κ1) is 17.5. The number of ether oxygens (including phenoxy) is 1. The number of pyridine rings is 3. The van der Waals surface area contributed by atoms with Crippen LogP contribution in [0, 0.1) is 12.3 Å². The lowest BCUT2D eigenvalue weighted by Gasteiger charge is -2.15. The van der Waals surface area contributed by atoms with Crippen LogP contribution in [-0.2, 0) is 6.54 Å². The lowest BCUT2D eigenvalue weighted by molar-refractivity contribution is 0.328. The van der Waals surface area contributed by atoms with Crippen LogP contribution in [0.25, 0.3) is 11.3 Å². The highest BCUT2D eigenvalue weighted by molar-refractivity contribution is 5.83. The number of aromatic nitrogens is 3. The molecule has 132 valence electrons. The van der Waals surface area contributed by atoms with Crippen LogP contribution in [0.1, 0.15) is 23.7 Å². The summed E-state index contributed by atoms with van der Waals surface area (Å²) >= 11 is 0. The molecule has 0 radical (unpaired) electrons. The van der Waals surface area contributed by atoms with Gasteiger partial charge in [-0.1, -0.05) is 0 Å². The number of rotatable bonds is 7. The Morgan fingerprint density at radius 1 is 1.19 bits per heavy atom. The number of nitrogens with zero attached hydrogens (tertiary/aromatic N) is 3. The van der Waals surface area contributed by atoms with Crippen LogP contribution in [0.5, 0.6) is 5.88 Å². The highest BCUT2D eigenvalue weighted by Crippen LogP contribution is 2.30. The van der Waals surface area contributed by atoms with Gasteiger partial charge in [0.25, 0.3) is 0 Å². The minimum absolute atomic E-state index is 0.528. The Morgan fingerprint density at radius 2 is 2.00 bits per heavy atom. The molecule has 3 aromatic heterocycles. The third kappa shape index (κ3) is 3.85. The molecule has 0 saturated carbocycles. The molecule has 0 saturated heterocycles. The minimum Gasteiger partial charge on any atom is -0.477 e. The zero-order chi connectivity index (χ0) is 18.4. The largest absolute Gasteiger partial charge is 0.477 e. The van der Waals surface area contributed by atoms with Gasteiger partial charge in [0.2, 0.25) is 5.88 Å². The highest BCUT2D eigenvalue weighted by Gasteiger charge is 2.13. The smallest absolute Gasteiger partial charge is 0.222 e. The van der Waals surface area contributed by atoms with Gasteiger partial charge in [0, 0.05) is 37.0 Å². The van der Waals surface area contributed by atoms with Gasteiger partial charge in [-0.2, -0.15) is 0 Å². The number of hydrogen-bond donors (Lipinski definition) is 2. The van der Waals surface area contributed by atoms with Crippen LogP contribution in [0.15, 0.2) is 48.9 Å². The molecule has 26 heavy (non-hydrogen) atoms. The summed E-state index contributed by atoms with van der Waals surface area (Å²) in [6.07, 6.45) is 6.51. The molecule has 0 unspecified atom stereocenters. The molecule has 0 bridgehead atoms. The summed E-state index contributed by atoms with van der Waals surface area (Å²) in [5.41, 5.74) is 5.14. The molecule has 3 rings (SSSR count). The topological polar surface area (TPSA) is 83.8 Å². The molecule has 0 amide bonds. The molecule has 0 aliphatic rings. The molecule has 6 heteroatoms. The predicted molar refractivity (Wildman–Crippen MR) is 103 cm³/mol. The van der Waals surface area contributed by atoms with Gasteiger partial charge in [-0.3, -0.25) is 4.98 Å². The van der Waals surface area contributed by atoms with Gasteiger partial charge in [0.1, 0.15) is 0 Å². The summed E-state index contributed by atoms with van der Waals surface area (Å²) in [6.45, 7) is 5.07. The van der Waals surface area contributed by atoms with E-state index in [-0.39, 0.29) is 0 Å². The van der Waals surface area contributed by atoms with Gasteiger partial charge in [0.05, 0.1) is 23.6 Å². The zero-order valence-corrected chi connectivity index (χ0v) is 14.9. The molecule has 0 aromatic carbocycles. The Hall–Kier alpha value is -3.28. The summed E-state index contributed by atoms with van der Waals surface area (Å²) in [7, 11) is 0. The molecular formula is C20H21N5O. The Balaban J connectivity index is 1.98. The van der Waals surface area contributed by atoms with Crippen molar-refractivity contribution in [3.05, 3.63) is 65.7 Å². The van der Waals surface area contributed by atoms with Crippen molar-refractivity contribution in [1.29, 1.82) is 5.41 Å². The van der Waals surface area contributed by atoms with E-state index >= 15 is 0 Å². The SMILES string of the molecule is CCOc1ncccc1-c1cc(NCc2ccncc2)c(C)c(C=N)n1. The van der Waals surface area contributed by atoms with Crippen LogP contribution >= 0.6 is 0 Å². The van der Waals surface area contributed by atoms with E-state index in [0.29, 0.717) is 24.7 Å². The molecule has 3 aromatic rings. The fourth-order valence-corrected chi connectivity index (χ4v) is 2.63. The molecule has 3 heterocycles. The maximum atomic E-state index is 7.70. The number of hydrogen-bond acceptors (Lipinski definition) is 6. The molecule has 0 fully saturated rings. The van der Waals surface area contributed by atoms with Gasteiger partial charge in [-0.15, -0.1) is 0 Å². The Labute approximate surface area is 152 Å². The predicted octanol–water partition coefficient (Wildman–Crippen LogP) is 3.86. The molecule has 6 nitrogen and oxygen atoms in total. The van der Waals surface area contributed by atoms with Crippen molar-refractivity contribution in [3.8, 4) is 17.1 Å². The zero-order valence-electron chi connectivity index (χ0n) is 14.9. The Kier molecular flexibility index (Phi) is 5.53. The molecule has 0 aliphatic heterocycles. The van der Waals surface area contributed by atoms with Gasteiger partial charge in [-0.25, -0.2) is 9.97 Å². The molecule has 0 atom stereocenters. The van der Waals surface area contributed by atoms with E-state index in [0.717, 1.165) is 28.1 Å². The van der Waals surface area contributed by atoms with Crippen molar-refractivity contribution in [2.75, 3.05) is 11.9 Å². The highest BCUT2D eigenvalue weighted by atomic mass is 16.5. The summed E-state index contributed by atoms with van der Waals surface area (Å²) < 4.78 is 5.63. The van der Waals surface area contributed by atoms with E-state index in [9.17, 15) is 0 Å². The van der Waals surface area contributed by atoms with Gasteiger partial charge in [0.15, 0.2) is 0 Å². The van der Waals surface area contributed by atoms with E-state index in [4.69, 9.17) is 10.1 Å². The van der Waals surface area contributed by atoms with Crippen molar-refractivity contribution in [3.63, 3.8) is 0 Å². The molecule has 0 spiro atoms. The van der Waals surface area contributed by atoms with Gasteiger partial charge >= 0.3 is 0 Å². The average Bonchev–Trinajstić information content (AvgIpc) is 2.69. The van der Waals surface area contributed by atoms with E-state index in [1.165, 1.54) is 6.21 Å². The number of anilines is 1. The Morgan fingerprint density at radius 3 is 2.73 bits per heavy atom.